The van der Waals surface area contributed by atoms with Crippen LogP contribution in [-0.2, 0) is 4.74 Å². The monoisotopic (exact) mass is 241 g/mol. The molecule has 2 aromatic rings. The number of ether oxygens (including phenoxy) is 1. The first-order valence-corrected chi connectivity index (χ1v) is 5.49. The third-order valence-corrected chi connectivity index (χ3v) is 2.57. The number of carbonyl (C=O) groups is 1. The van der Waals surface area contributed by atoms with E-state index in [0.29, 0.717) is 21.9 Å². The predicted octanol–water partition coefficient (Wildman–Crippen LogP) is 2.59. The van der Waals surface area contributed by atoms with Gasteiger partial charge in [-0.1, -0.05) is 6.07 Å². The van der Waals surface area contributed by atoms with E-state index in [-0.39, 0.29) is 12.4 Å². The van der Waals surface area contributed by atoms with Crippen LogP contribution in [0.4, 0.5) is 0 Å². The van der Waals surface area contributed by atoms with E-state index in [4.69, 9.17) is 10.00 Å². The molecule has 0 saturated carbocycles. The van der Waals surface area contributed by atoms with Crippen molar-refractivity contribution in [2.75, 3.05) is 6.61 Å². The summed E-state index contributed by atoms with van der Waals surface area (Å²) in [6.07, 6.45) is 0. The largest absolute Gasteiger partial charge is 0.507 e. The van der Waals surface area contributed by atoms with Crippen LogP contribution in [0.5, 0.6) is 5.75 Å². The van der Waals surface area contributed by atoms with Gasteiger partial charge in [0.1, 0.15) is 5.75 Å². The molecule has 4 nitrogen and oxygen atoms in total. The Hall–Kier alpha value is -2.54. The van der Waals surface area contributed by atoms with Gasteiger partial charge in [0, 0.05) is 5.39 Å². The number of carbonyl (C=O) groups excluding carboxylic acids is 1. The van der Waals surface area contributed by atoms with Gasteiger partial charge in [-0.2, -0.15) is 5.26 Å². The number of phenols is 1. The molecule has 0 bridgehead atoms. The van der Waals surface area contributed by atoms with Crippen molar-refractivity contribution in [2.45, 2.75) is 6.92 Å². The fourth-order valence-corrected chi connectivity index (χ4v) is 1.74. The number of nitriles is 1. The van der Waals surface area contributed by atoms with Crippen molar-refractivity contribution >= 4 is 16.7 Å². The van der Waals surface area contributed by atoms with Crippen molar-refractivity contribution in [3.63, 3.8) is 0 Å². The van der Waals surface area contributed by atoms with Crippen molar-refractivity contribution < 1.29 is 14.6 Å². The fourth-order valence-electron chi connectivity index (χ4n) is 1.74. The Balaban J connectivity index is 2.57. The molecule has 0 aliphatic rings. The molecule has 0 saturated heterocycles. The molecule has 4 heteroatoms. The zero-order valence-electron chi connectivity index (χ0n) is 9.80. The SMILES string of the molecule is CCOC(=O)c1cc(O)c2cc(C#N)ccc2c1. The maximum atomic E-state index is 11.6. The Labute approximate surface area is 104 Å². The van der Waals surface area contributed by atoms with Gasteiger partial charge < -0.3 is 9.84 Å². The van der Waals surface area contributed by atoms with Crippen molar-refractivity contribution in [2.24, 2.45) is 0 Å². The van der Waals surface area contributed by atoms with E-state index in [1.165, 1.54) is 6.07 Å². The molecular weight excluding hydrogens is 230 g/mol. The molecule has 90 valence electrons. The van der Waals surface area contributed by atoms with Crippen molar-refractivity contribution in [1.29, 1.82) is 5.26 Å². The van der Waals surface area contributed by atoms with Gasteiger partial charge in [-0.25, -0.2) is 4.79 Å². The van der Waals surface area contributed by atoms with Crippen LogP contribution in [-0.4, -0.2) is 17.7 Å². The normalized spacial score (nSPS) is 10.0. The van der Waals surface area contributed by atoms with Gasteiger partial charge in [0.15, 0.2) is 0 Å². The molecule has 2 aromatic carbocycles. The lowest BCUT2D eigenvalue weighted by molar-refractivity contribution is 0.0526. The van der Waals surface area contributed by atoms with Crippen LogP contribution in [0.25, 0.3) is 10.8 Å². The summed E-state index contributed by atoms with van der Waals surface area (Å²) in [6, 6.07) is 9.89. The molecule has 1 N–H and O–H groups in total. The van der Waals surface area contributed by atoms with E-state index >= 15 is 0 Å². The fraction of sp³-hybridized carbons (Fsp3) is 0.143. The van der Waals surface area contributed by atoms with Gasteiger partial charge in [-0.05, 0) is 36.6 Å². The van der Waals surface area contributed by atoms with Gasteiger partial charge in [0.25, 0.3) is 0 Å². The van der Waals surface area contributed by atoms with Crippen LogP contribution in [0.1, 0.15) is 22.8 Å². The van der Waals surface area contributed by atoms with E-state index in [1.807, 2.05) is 6.07 Å². The Bertz CT molecular complexity index is 656. The van der Waals surface area contributed by atoms with E-state index in [9.17, 15) is 9.90 Å². The summed E-state index contributed by atoms with van der Waals surface area (Å²) in [5.74, 6) is -0.508. The van der Waals surface area contributed by atoms with Gasteiger partial charge in [0.2, 0.25) is 0 Å². The molecule has 0 amide bonds. The van der Waals surface area contributed by atoms with E-state index < -0.39 is 5.97 Å². The highest BCUT2D eigenvalue weighted by Gasteiger charge is 2.11. The van der Waals surface area contributed by atoms with Gasteiger partial charge in [0.05, 0.1) is 23.8 Å². The molecule has 0 radical (unpaired) electrons. The van der Waals surface area contributed by atoms with Crippen LogP contribution >= 0.6 is 0 Å². The smallest absolute Gasteiger partial charge is 0.338 e. The molecule has 0 spiro atoms. The number of hydrogen-bond acceptors (Lipinski definition) is 4. The molecular formula is C14H11NO3. The highest BCUT2D eigenvalue weighted by molar-refractivity contribution is 5.98. The Kier molecular flexibility index (Phi) is 3.16. The summed E-state index contributed by atoms with van der Waals surface area (Å²) < 4.78 is 4.87. The summed E-state index contributed by atoms with van der Waals surface area (Å²) in [5.41, 5.74) is 0.758. The van der Waals surface area contributed by atoms with Crippen LogP contribution < -0.4 is 0 Å². The minimum absolute atomic E-state index is 0.0346. The minimum Gasteiger partial charge on any atom is -0.507 e. The molecule has 0 unspecified atom stereocenters. The van der Waals surface area contributed by atoms with Crippen LogP contribution in [0, 0.1) is 11.3 Å². The summed E-state index contributed by atoms with van der Waals surface area (Å²) in [5, 5.41) is 19.9. The average molecular weight is 241 g/mol. The average Bonchev–Trinajstić information content (AvgIpc) is 2.38. The molecule has 2 rings (SSSR count). The van der Waals surface area contributed by atoms with Gasteiger partial charge in [-0.3, -0.25) is 0 Å². The van der Waals surface area contributed by atoms with E-state index in [0.717, 1.165) is 0 Å². The number of fused-ring (bicyclic) bond motifs is 1. The van der Waals surface area contributed by atoms with Crippen LogP contribution in [0.2, 0.25) is 0 Å². The molecule has 0 aromatic heterocycles. The highest BCUT2D eigenvalue weighted by Crippen LogP contribution is 2.27. The second kappa shape index (κ2) is 4.76. The van der Waals surface area contributed by atoms with Crippen molar-refractivity contribution in [3.8, 4) is 11.8 Å². The molecule has 0 fully saturated rings. The number of rotatable bonds is 2. The van der Waals surface area contributed by atoms with Crippen LogP contribution in [0.3, 0.4) is 0 Å². The molecule has 0 atom stereocenters. The van der Waals surface area contributed by atoms with E-state index in [2.05, 4.69) is 0 Å². The first-order chi connectivity index (χ1) is 8.65. The standard InChI is InChI=1S/C14H11NO3/c1-2-18-14(17)11-6-10-4-3-9(8-15)5-12(10)13(16)7-11/h3-7,16H,2H2,1H3. The number of benzene rings is 2. The first-order valence-electron chi connectivity index (χ1n) is 5.49. The second-order valence-electron chi connectivity index (χ2n) is 3.76. The maximum Gasteiger partial charge on any atom is 0.338 e. The van der Waals surface area contributed by atoms with Crippen molar-refractivity contribution in [3.05, 3.63) is 41.5 Å². The number of aromatic hydroxyl groups is 1. The molecule has 0 heterocycles. The topological polar surface area (TPSA) is 70.3 Å². The number of phenolic OH excluding ortho intramolecular Hbond substituents is 1. The summed E-state index contributed by atoms with van der Waals surface area (Å²) in [6.45, 7) is 2.00. The maximum absolute atomic E-state index is 11.6. The zero-order chi connectivity index (χ0) is 13.1. The molecule has 0 aliphatic heterocycles. The van der Waals surface area contributed by atoms with Crippen LogP contribution in [0.15, 0.2) is 30.3 Å². The van der Waals surface area contributed by atoms with Gasteiger partial charge >= 0.3 is 5.97 Å². The second-order valence-corrected chi connectivity index (χ2v) is 3.76. The number of nitrogens with zero attached hydrogens (tertiary/aromatic N) is 1. The third-order valence-electron chi connectivity index (χ3n) is 2.57. The Morgan fingerprint density at radius 2 is 2.17 bits per heavy atom. The molecule has 0 aliphatic carbocycles. The quantitative estimate of drug-likeness (QED) is 0.820. The highest BCUT2D eigenvalue weighted by atomic mass is 16.5. The Morgan fingerprint density at radius 3 is 2.83 bits per heavy atom. The minimum atomic E-state index is -0.473. The summed E-state index contributed by atoms with van der Waals surface area (Å²) in [7, 11) is 0. The lowest BCUT2D eigenvalue weighted by Gasteiger charge is -2.06. The molecule has 18 heavy (non-hydrogen) atoms. The number of esters is 1. The summed E-state index contributed by atoms with van der Waals surface area (Å²) in [4.78, 5) is 11.6. The lowest BCUT2D eigenvalue weighted by Crippen LogP contribution is -2.04. The zero-order valence-corrected chi connectivity index (χ0v) is 9.80. The Morgan fingerprint density at radius 1 is 1.39 bits per heavy atom. The number of hydrogen-bond donors (Lipinski definition) is 1. The van der Waals surface area contributed by atoms with E-state index in [1.54, 1.807) is 31.2 Å². The predicted molar refractivity (Wildman–Crippen MR) is 66.3 cm³/mol. The van der Waals surface area contributed by atoms with Crippen molar-refractivity contribution in [1.82, 2.24) is 0 Å². The third kappa shape index (κ3) is 2.11. The lowest BCUT2D eigenvalue weighted by atomic mass is 10.0. The van der Waals surface area contributed by atoms with Gasteiger partial charge in [-0.15, -0.1) is 0 Å². The summed E-state index contributed by atoms with van der Waals surface area (Å²) >= 11 is 0. The first kappa shape index (κ1) is 11.9.